The minimum atomic E-state index is -1.60. The molecule has 0 unspecified atom stereocenters. The van der Waals surface area contributed by atoms with Crippen LogP contribution in [-0.2, 0) is 0 Å². The van der Waals surface area contributed by atoms with Gasteiger partial charge in [-0.25, -0.2) is 4.98 Å². The van der Waals surface area contributed by atoms with Crippen LogP contribution < -0.4 is 4.74 Å². The number of rotatable bonds is 10. The summed E-state index contributed by atoms with van der Waals surface area (Å²) in [5.74, 6) is 1.85. The molecule has 0 saturated heterocycles. The van der Waals surface area contributed by atoms with Crippen molar-refractivity contribution in [1.82, 2.24) is 4.98 Å². The molecule has 0 fully saturated rings. The second-order valence-electron chi connectivity index (χ2n) is 7.56. The van der Waals surface area contributed by atoms with Gasteiger partial charge < -0.3 is 4.74 Å². The Morgan fingerprint density at radius 1 is 0.852 bits per heavy atom. The van der Waals surface area contributed by atoms with Crippen molar-refractivity contribution in [3.63, 3.8) is 0 Å². The number of nitrogens with zero attached hydrogens (tertiary/aromatic N) is 1. The molecule has 0 atom stereocenters. The van der Waals surface area contributed by atoms with Crippen LogP contribution in [0.4, 0.5) is 0 Å². The van der Waals surface area contributed by atoms with Crippen molar-refractivity contribution in [3.05, 3.63) is 58.8 Å². The molecule has 2 nitrogen and oxygen atoms in total. The Morgan fingerprint density at radius 3 is 1.93 bits per heavy atom. The first-order valence-electron chi connectivity index (χ1n) is 10.7. The van der Waals surface area contributed by atoms with Crippen molar-refractivity contribution < 1.29 is 4.74 Å². The number of allylic oxidation sites excluding steroid dienone is 5. The SMILES string of the molecule is CC[Si](CC)(CC)C1=C[C+]=CC([Si](CC)(CC)CC)=C1Oc1ccccn1. The standard InChI is InChI=1S/C23H36NOSi2/c1-7-26(8-2,9-3)20-16-15-17-21(27(10-4,11-5)12-6)23(20)25-22-18-13-14-19-24-22/h13-14,16-19H,7-12H2,1-6H3/q+1. The largest absolute Gasteiger partial charge is 0.415 e. The Bertz CT molecular complexity index is 682. The van der Waals surface area contributed by atoms with Gasteiger partial charge in [-0.1, -0.05) is 47.6 Å². The molecule has 0 bridgehead atoms. The van der Waals surface area contributed by atoms with E-state index in [2.05, 4.69) is 64.8 Å². The van der Waals surface area contributed by atoms with Crippen LogP contribution in [-0.4, -0.2) is 21.1 Å². The highest BCUT2D eigenvalue weighted by Gasteiger charge is 2.47. The van der Waals surface area contributed by atoms with E-state index in [-0.39, 0.29) is 0 Å². The molecule has 1 aliphatic rings. The molecule has 1 aromatic heterocycles. The smallest absolute Gasteiger partial charge is 0.230 e. The molecular formula is C23H36NOSi2+. The van der Waals surface area contributed by atoms with Crippen LogP contribution in [0, 0.1) is 6.08 Å². The van der Waals surface area contributed by atoms with E-state index in [1.54, 1.807) is 0 Å². The first kappa shape index (κ1) is 21.8. The average molecular weight is 399 g/mol. The topological polar surface area (TPSA) is 22.1 Å². The summed E-state index contributed by atoms with van der Waals surface area (Å²) in [6.45, 7) is 14.2. The molecule has 0 aromatic carbocycles. The number of ether oxygens (including phenoxy) is 1. The van der Waals surface area contributed by atoms with E-state index in [4.69, 9.17) is 4.74 Å². The number of pyridine rings is 1. The van der Waals surface area contributed by atoms with Gasteiger partial charge in [0.15, 0.2) is 16.1 Å². The van der Waals surface area contributed by atoms with Crippen LogP contribution in [0.25, 0.3) is 0 Å². The van der Waals surface area contributed by atoms with E-state index in [1.807, 2.05) is 24.4 Å². The van der Waals surface area contributed by atoms with E-state index in [9.17, 15) is 0 Å². The molecule has 0 radical (unpaired) electrons. The Balaban J connectivity index is 2.70. The zero-order valence-corrected chi connectivity index (χ0v) is 20.1. The molecule has 0 aliphatic heterocycles. The fraction of sp³-hybridized carbons (Fsp3) is 0.522. The maximum Gasteiger partial charge on any atom is 0.230 e. The summed E-state index contributed by atoms with van der Waals surface area (Å²) in [5, 5.41) is 2.93. The molecule has 1 aromatic rings. The van der Waals surface area contributed by atoms with Crippen molar-refractivity contribution in [2.24, 2.45) is 0 Å². The van der Waals surface area contributed by atoms with Gasteiger partial charge in [0.2, 0.25) is 11.6 Å². The Hall–Kier alpha value is -1.49. The highest BCUT2D eigenvalue weighted by molar-refractivity contribution is 6.89. The van der Waals surface area contributed by atoms with Crippen LogP contribution in [0.1, 0.15) is 41.5 Å². The summed E-state index contributed by atoms with van der Waals surface area (Å²) in [6.07, 6.45) is 9.84. The van der Waals surface area contributed by atoms with Crippen LogP contribution in [0.3, 0.4) is 0 Å². The molecule has 1 aliphatic carbocycles. The van der Waals surface area contributed by atoms with Gasteiger partial charge in [0.25, 0.3) is 0 Å². The summed E-state index contributed by atoms with van der Waals surface area (Å²) in [4.78, 5) is 4.47. The second kappa shape index (κ2) is 9.63. The summed E-state index contributed by atoms with van der Waals surface area (Å²) >= 11 is 0. The lowest BCUT2D eigenvalue weighted by Gasteiger charge is -2.32. The Labute approximate surface area is 168 Å². The number of hydrogen-bond donors (Lipinski definition) is 0. The van der Waals surface area contributed by atoms with Gasteiger partial charge in [0.1, 0.15) is 12.2 Å². The third kappa shape index (κ3) is 4.18. The molecule has 0 amide bonds. The van der Waals surface area contributed by atoms with E-state index >= 15 is 0 Å². The maximum atomic E-state index is 6.60. The lowest BCUT2D eigenvalue weighted by Crippen LogP contribution is -2.41. The monoisotopic (exact) mass is 398 g/mol. The Kier molecular flexibility index (Phi) is 7.78. The maximum absolute atomic E-state index is 6.60. The third-order valence-electron chi connectivity index (χ3n) is 6.99. The summed E-state index contributed by atoms with van der Waals surface area (Å²) < 4.78 is 6.60. The van der Waals surface area contributed by atoms with Gasteiger partial charge in [0.05, 0.1) is 10.4 Å². The first-order valence-corrected chi connectivity index (χ1v) is 15.9. The third-order valence-corrected chi connectivity index (χ3v) is 18.1. The van der Waals surface area contributed by atoms with Crippen molar-refractivity contribution in [2.75, 3.05) is 0 Å². The summed E-state index contributed by atoms with van der Waals surface area (Å²) in [5.41, 5.74) is 0. The van der Waals surface area contributed by atoms with Crippen LogP contribution in [0.5, 0.6) is 5.88 Å². The molecule has 2 rings (SSSR count). The zero-order valence-electron chi connectivity index (χ0n) is 18.1. The van der Waals surface area contributed by atoms with E-state index in [0.29, 0.717) is 5.88 Å². The molecule has 1 heterocycles. The lowest BCUT2D eigenvalue weighted by atomic mass is 10.2. The van der Waals surface area contributed by atoms with Gasteiger partial charge in [-0.2, -0.15) is 0 Å². The minimum absolute atomic E-state index is 0.712. The van der Waals surface area contributed by atoms with Crippen LogP contribution >= 0.6 is 0 Å². The predicted molar refractivity (Wildman–Crippen MR) is 122 cm³/mol. The lowest BCUT2D eigenvalue weighted by molar-refractivity contribution is 0.420. The molecule has 0 N–H and O–H groups in total. The fourth-order valence-electron chi connectivity index (χ4n) is 4.54. The molecule has 4 heteroatoms. The minimum Gasteiger partial charge on any atom is -0.415 e. The van der Waals surface area contributed by atoms with Gasteiger partial charge in [-0.3, -0.25) is 0 Å². The van der Waals surface area contributed by atoms with Crippen molar-refractivity contribution in [3.8, 4) is 5.88 Å². The quantitative estimate of drug-likeness (QED) is 0.309. The first-order chi connectivity index (χ1) is 13.1. The molecule has 146 valence electrons. The molecule has 27 heavy (non-hydrogen) atoms. The van der Waals surface area contributed by atoms with Crippen molar-refractivity contribution in [1.29, 1.82) is 0 Å². The average Bonchev–Trinajstić information content (AvgIpc) is 2.73. The predicted octanol–water partition coefficient (Wildman–Crippen LogP) is 7.11. The second-order valence-corrected chi connectivity index (χ2v) is 18.0. The summed E-state index contributed by atoms with van der Waals surface area (Å²) in [7, 11) is -3.20. The normalized spacial score (nSPS) is 14.8. The van der Waals surface area contributed by atoms with Crippen LogP contribution in [0.15, 0.2) is 52.7 Å². The molecule has 0 spiro atoms. The van der Waals surface area contributed by atoms with Gasteiger partial charge in [-0.15, -0.1) is 0 Å². The fourth-order valence-corrected chi connectivity index (χ4v) is 12.1. The van der Waals surface area contributed by atoms with Gasteiger partial charge >= 0.3 is 0 Å². The highest BCUT2D eigenvalue weighted by Crippen LogP contribution is 2.41. The number of aromatic nitrogens is 1. The Morgan fingerprint density at radius 2 is 1.44 bits per heavy atom. The van der Waals surface area contributed by atoms with Crippen LogP contribution in [0.2, 0.25) is 36.3 Å². The van der Waals surface area contributed by atoms with Crippen molar-refractivity contribution in [2.45, 2.75) is 77.8 Å². The summed E-state index contributed by atoms with van der Waals surface area (Å²) in [6, 6.07) is 13.4. The van der Waals surface area contributed by atoms with E-state index < -0.39 is 16.1 Å². The van der Waals surface area contributed by atoms with Gasteiger partial charge in [0, 0.05) is 18.3 Å². The van der Waals surface area contributed by atoms with E-state index in [1.165, 1.54) is 46.7 Å². The molecule has 0 saturated carbocycles. The zero-order chi connectivity index (χ0) is 19.9. The molecular weight excluding hydrogens is 362 g/mol. The highest BCUT2D eigenvalue weighted by atomic mass is 28.3. The van der Waals surface area contributed by atoms with Crippen molar-refractivity contribution >= 4 is 16.1 Å². The van der Waals surface area contributed by atoms with Gasteiger partial charge in [-0.05, 0) is 42.3 Å². The number of hydrogen-bond acceptors (Lipinski definition) is 2. The van der Waals surface area contributed by atoms with E-state index in [0.717, 1.165) is 5.76 Å².